The number of amides is 2. The average Bonchev–Trinajstić information content (AvgIpc) is 3.44. The highest BCUT2D eigenvalue weighted by atomic mass is 16.5. The van der Waals surface area contributed by atoms with Gasteiger partial charge in [0, 0.05) is 36.3 Å². The van der Waals surface area contributed by atoms with Crippen LogP contribution in [0.4, 0.5) is 17.1 Å². The van der Waals surface area contributed by atoms with Gasteiger partial charge in [0.25, 0.3) is 0 Å². The van der Waals surface area contributed by atoms with Crippen LogP contribution in [0.3, 0.4) is 0 Å². The Balaban J connectivity index is 0.000000286. The third-order valence-electron chi connectivity index (χ3n) is 10.8. The van der Waals surface area contributed by atoms with Crippen molar-refractivity contribution in [3.63, 3.8) is 0 Å². The van der Waals surface area contributed by atoms with E-state index in [-0.39, 0.29) is 49.0 Å². The number of aliphatic carboxylic acids is 1. The van der Waals surface area contributed by atoms with E-state index in [2.05, 4.69) is 20.1 Å². The molecule has 0 atom stereocenters. The van der Waals surface area contributed by atoms with Crippen LogP contribution in [0.25, 0.3) is 0 Å². The van der Waals surface area contributed by atoms with Gasteiger partial charge in [0.05, 0.1) is 73.6 Å². The number of hydrogen-bond acceptors (Lipinski definition) is 18. The minimum atomic E-state index is -1.05. The molecule has 0 aliphatic carbocycles. The van der Waals surface area contributed by atoms with Crippen molar-refractivity contribution in [1.82, 2.24) is 0 Å². The molecule has 0 fully saturated rings. The van der Waals surface area contributed by atoms with Crippen molar-refractivity contribution in [2.75, 3.05) is 73.2 Å². The summed E-state index contributed by atoms with van der Waals surface area (Å²) in [5.41, 5.74) is 10.4. The Morgan fingerprint density at radius 1 is 0.436 bits per heavy atom. The average molecular weight is 1080 g/mol. The second kappa shape index (κ2) is 31.8. The third-order valence-corrected chi connectivity index (χ3v) is 10.8. The van der Waals surface area contributed by atoms with Gasteiger partial charge in [-0.15, -0.1) is 0 Å². The summed E-state index contributed by atoms with van der Waals surface area (Å²) >= 11 is 0. The fourth-order valence-electron chi connectivity index (χ4n) is 6.82. The quantitative estimate of drug-likeness (QED) is 0.0204. The molecule has 0 spiro atoms. The minimum Gasteiger partial charge on any atom is -0.504 e. The second-order valence-corrected chi connectivity index (χ2v) is 16.1. The maximum absolute atomic E-state index is 12.2. The van der Waals surface area contributed by atoms with Gasteiger partial charge in [-0.1, -0.05) is 0 Å². The zero-order valence-electron chi connectivity index (χ0n) is 44.2. The van der Waals surface area contributed by atoms with Gasteiger partial charge < -0.3 is 79.8 Å². The maximum atomic E-state index is 12.2. The number of carboxylic acids is 2. The third kappa shape index (κ3) is 19.8. The first-order valence-electron chi connectivity index (χ1n) is 23.3. The number of benzene rings is 6. The SMILES string of the molecule is COC(=O)c1ccc(N)cc1.COC(=O)c1ccc(NC(=O)CCc2cc(OC)c(OC)c(OC)c2)cc1.COc1cc(CCC(=O)O)cc(OC)c1OC.O=C(CCc1cc(O)c(O)c(O)c1)Nc1ccc(C(=O)O)cc1. The Hall–Kier alpha value is -9.86. The molecule has 0 heterocycles. The van der Waals surface area contributed by atoms with E-state index in [1.807, 2.05) is 12.1 Å². The molecule has 0 unspecified atom stereocenters. The summed E-state index contributed by atoms with van der Waals surface area (Å²) in [6.45, 7) is 0. The van der Waals surface area contributed by atoms with E-state index in [1.165, 1.54) is 71.9 Å². The summed E-state index contributed by atoms with van der Waals surface area (Å²) in [7, 11) is 11.9. The molecule has 416 valence electrons. The second-order valence-electron chi connectivity index (χ2n) is 16.1. The van der Waals surface area contributed by atoms with Crippen LogP contribution in [0.5, 0.6) is 51.7 Å². The van der Waals surface area contributed by atoms with Crippen molar-refractivity contribution < 1.29 is 92.2 Å². The van der Waals surface area contributed by atoms with Crippen LogP contribution in [0.1, 0.15) is 67.0 Å². The van der Waals surface area contributed by atoms with Gasteiger partial charge in [-0.3, -0.25) is 14.4 Å². The van der Waals surface area contributed by atoms with E-state index in [9.17, 15) is 44.1 Å². The highest BCUT2D eigenvalue weighted by Gasteiger charge is 2.16. The highest BCUT2D eigenvalue weighted by Crippen LogP contribution is 2.40. The zero-order valence-corrected chi connectivity index (χ0v) is 44.2. The van der Waals surface area contributed by atoms with E-state index in [0.29, 0.717) is 81.1 Å². The summed E-state index contributed by atoms with van der Waals surface area (Å²) in [6.07, 6.45) is 1.61. The number of aryl methyl sites for hydroxylation is 3. The number of carboxylic acid groups (broad SMARTS) is 2. The lowest BCUT2D eigenvalue weighted by atomic mass is 10.1. The number of aromatic hydroxyl groups is 3. The van der Waals surface area contributed by atoms with Crippen LogP contribution in [-0.2, 0) is 43.1 Å². The monoisotopic (exact) mass is 1080 g/mol. The molecule has 0 aromatic heterocycles. The number of nitrogens with two attached hydrogens (primary N) is 1. The number of anilines is 3. The lowest BCUT2D eigenvalue weighted by molar-refractivity contribution is -0.137. The first kappa shape index (κ1) is 62.4. The lowest BCUT2D eigenvalue weighted by Crippen LogP contribution is -2.12. The molecule has 6 rings (SSSR count). The summed E-state index contributed by atoms with van der Waals surface area (Å²) in [5.74, 6) is -1.42. The van der Waals surface area contributed by atoms with Gasteiger partial charge in [0.2, 0.25) is 23.3 Å². The number of carbonyl (C=O) groups is 6. The Kier molecular flexibility index (Phi) is 25.4. The zero-order chi connectivity index (χ0) is 57.9. The summed E-state index contributed by atoms with van der Waals surface area (Å²) < 4.78 is 40.6. The van der Waals surface area contributed by atoms with Crippen molar-refractivity contribution in [3.05, 3.63) is 143 Å². The van der Waals surface area contributed by atoms with Crippen LogP contribution in [0, 0.1) is 0 Å². The molecule has 22 heteroatoms. The first-order valence-corrected chi connectivity index (χ1v) is 23.3. The predicted octanol–water partition coefficient (Wildman–Crippen LogP) is 7.93. The molecule has 0 radical (unpaired) electrons. The number of carbonyl (C=O) groups excluding carboxylic acids is 4. The normalized spacial score (nSPS) is 9.95. The largest absolute Gasteiger partial charge is 0.504 e. The molecule has 0 bridgehead atoms. The molecule has 9 N–H and O–H groups in total. The molecule has 6 aromatic carbocycles. The fourth-order valence-corrected chi connectivity index (χ4v) is 6.82. The van der Waals surface area contributed by atoms with Gasteiger partial charge in [-0.25, -0.2) is 14.4 Å². The topological polar surface area (TPSA) is 327 Å². The van der Waals surface area contributed by atoms with Crippen molar-refractivity contribution in [2.24, 2.45) is 0 Å². The Morgan fingerprint density at radius 3 is 1.06 bits per heavy atom. The summed E-state index contributed by atoms with van der Waals surface area (Å²) in [5, 5.41) is 50.9. The van der Waals surface area contributed by atoms with Crippen LogP contribution < -0.4 is 44.8 Å². The van der Waals surface area contributed by atoms with E-state index in [0.717, 1.165) is 11.1 Å². The number of phenols is 3. The standard InChI is InChI=1S/C20H23NO6.C16H15NO6.C12H16O5.C8H9NO2/c1-24-16-11-13(12-17(25-2)19(16)26-3)5-10-18(22)21-15-8-6-14(7-9-15)20(23)27-4;18-12-7-9(8-13(19)15(12)21)1-6-14(20)17-11-4-2-10(3-5-11)16(22)23;1-15-9-6-8(4-5-11(13)14)7-10(16-2)12(9)17-3;1-11-8(10)6-2-4-7(9)5-3-6/h6-9,11-12H,5,10H2,1-4H3,(H,21,22);2-5,7-8,18-19,21H,1,6H2,(H,17,20)(H,22,23);6-7H,4-5H2,1-3H3,(H,13,14);2-5H,9H2,1H3. The number of rotatable bonds is 20. The maximum Gasteiger partial charge on any atom is 0.337 e. The highest BCUT2D eigenvalue weighted by molar-refractivity contribution is 5.94. The van der Waals surface area contributed by atoms with Crippen molar-refractivity contribution in [1.29, 1.82) is 0 Å². The molecule has 0 saturated carbocycles. The van der Waals surface area contributed by atoms with Gasteiger partial charge in [-0.05, 0) is 145 Å². The Morgan fingerprint density at radius 2 is 0.756 bits per heavy atom. The van der Waals surface area contributed by atoms with Crippen molar-refractivity contribution in [3.8, 4) is 51.7 Å². The molecule has 0 aliphatic heterocycles. The summed E-state index contributed by atoms with van der Waals surface area (Å²) in [4.78, 5) is 67.6. The molecular weight excluding hydrogens is 1020 g/mol. The molecule has 2 amide bonds. The van der Waals surface area contributed by atoms with Crippen LogP contribution in [-0.4, -0.2) is 118 Å². The number of nitrogen functional groups attached to an aromatic ring is 1. The fraction of sp³-hybridized carbons (Fsp3) is 0.250. The number of nitrogens with one attached hydrogen (secondary N) is 2. The van der Waals surface area contributed by atoms with E-state index < -0.39 is 35.2 Å². The van der Waals surface area contributed by atoms with Crippen molar-refractivity contribution in [2.45, 2.75) is 38.5 Å². The molecule has 0 aliphatic rings. The van der Waals surface area contributed by atoms with Gasteiger partial charge in [-0.2, -0.15) is 0 Å². The number of ether oxygens (including phenoxy) is 8. The van der Waals surface area contributed by atoms with Gasteiger partial charge in [0.1, 0.15) is 0 Å². The number of phenolic OH excluding ortho intramolecular Hbond substituents is 3. The molecule has 22 nitrogen and oxygen atoms in total. The molecule has 78 heavy (non-hydrogen) atoms. The first-order chi connectivity index (χ1) is 37.2. The summed E-state index contributed by atoms with van der Waals surface area (Å²) in [6, 6.07) is 28.5. The molecule has 6 aromatic rings. The predicted molar refractivity (Wildman–Crippen MR) is 287 cm³/mol. The van der Waals surface area contributed by atoms with Crippen LogP contribution in [0.2, 0.25) is 0 Å². The lowest BCUT2D eigenvalue weighted by Gasteiger charge is -2.14. The minimum absolute atomic E-state index is 0.0681. The molecule has 0 saturated heterocycles. The van der Waals surface area contributed by atoms with E-state index >= 15 is 0 Å². The smallest absolute Gasteiger partial charge is 0.337 e. The number of hydrogen-bond donors (Lipinski definition) is 8. The number of methoxy groups -OCH3 is 8. The van der Waals surface area contributed by atoms with E-state index in [1.54, 1.807) is 82.0 Å². The molecular formula is C56H63N3O19. The van der Waals surface area contributed by atoms with Gasteiger partial charge >= 0.3 is 23.9 Å². The van der Waals surface area contributed by atoms with Gasteiger partial charge in [0.15, 0.2) is 40.2 Å². The Labute approximate surface area is 449 Å². The number of aromatic carboxylic acids is 1. The number of esters is 2. The van der Waals surface area contributed by atoms with Crippen molar-refractivity contribution >= 4 is 52.8 Å². The van der Waals surface area contributed by atoms with E-state index in [4.69, 9.17) is 44.4 Å². The van der Waals surface area contributed by atoms with Crippen LogP contribution >= 0.6 is 0 Å². The van der Waals surface area contributed by atoms with Crippen LogP contribution in [0.15, 0.2) is 109 Å². The Bertz CT molecular complexity index is 2890.